The first-order valence-corrected chi connectivity index (χ1v) is 13.9. The van der Waals surface area contributed by atoms with E-state index in [0.717, 1.165) is 33.9 Å². The second kappa shape index (κ2) is 8.48. The molecule has 0 aliphatic rings. The van der Waals surface area contributed by atoms with Crippen LogP contribution in [-0.4, -0.2) is 14.4 Å². The zero-order valence-electron chi connectivity index (χ0n) is 22.1. The van der Waals surface area contributed by atoms with Crippen LogP contribution in [0.25, 0.3) is 82.8 Å². The molecule has 3 heteroatoms. The summed E-state index contributed by atoms with van der Waals surface area (Å²) in [5.41, 5.74) is 8.65. The summed E-state index contributed by atoms with van der Waals surface area (Å²) in [6, 6.07) is 49.3. The van der Waals surface area contributed by atoms with Crippen molar-refractivity contribution in [2.45, 2.75) is 0 Å². The van der Waals surface area contributed by atoms with E-state index in [4.69, 9.17) is 9.97 Å². The largest absolute Gasteiger partial charge is 0.308 e. The monoisotopic (exact) mass is 521 g/mol. The second-order valence-corrected chi connectivity index (χ2v) is 10.6. The van der Waals surface area contributed by atoms with E-state index < -0.39 is 0 Å². The summed E-state index contributed by atoms with van der Waals surface area (Å²) in [6.45, 7) is 0. The van der Waals surface area contributed by atoms with Gasteiger partial charge >= 0.3 is 0 Å². The highest BCUT2D eigenvalue weighted by Gasteiger charge is 2.21. The maximum Gasteiger partial charge on any atom is 0.161 e. The number of para-hydroxylation sites is 1. The molecule has 0 atom stereocenters. The molecule has 3 nitrogen and oxygen atoms in total. The first kappa shape index (κ1) is 22.3. The normalized spacial score (nSPS) is 11.9. The highest BCUT2D eigenvalue weighted by atomic mass is 14.9. The highest BCUT2D eigenvalue weighted by molar-refractivity contribution is 6.30. The summed E-state index contributed by atoms with van der Waals surface area (Å²) in [5.74, 6) is 0.732. The van der Waals surface area contributed by atoms with Crippen molar-refractivity contribution < 1.29 is 0 Å². The molecular weight excluding hydrogens is 498 g/mol. The average molecular weight is 522 g/mol. The van der Waals surface area contributed by atoms with E-state index >= 15 is 0 Å². The highest BCUT2D eigenvalue weighted by Crippen LogP contribution is 2.43. The number of nitrogens with zero attached hydrogens (tertiary/aromatic N) is 3. The van der Waals surface area contributed by atoms with Crippen molar-refractivity contribution in [1.29, 1.82) is 0 Å². The third-order valence-corrected chi connectivity index (χ3v) is 8.34. The predicted molar refractivity (Wildman–Crippen MR) is 171 cm³/mol. The maximum atomic E-state index is 5.19. The number of benzene rings is 6. The van der Waals surface area contributed by atoms with Gasteiger partial charge in [-0.05, 0) is 29.0 Å². The van der Waals surface area contributed by atoms with Gasteiger partial charge in [0, 0.05) is 38.2 Å². The van der Waals surface area contributed by atoms with Gasteiger partial charge in [-0.25, -0.2) is 9.97 Å². The first-order chi connectivity index (χ1) is 20.3. The summed E-state index contributed by atoms with van der Waals surface area (Å²) in [4.78, 5) is 10.4. The average Bonchev–Trinajstić information content (AvgIpc) is 3.40. The quantitative estimate of drug-likeness (QED) is 0.171. The van der Waals surface area contributed by atoms with Crippen LogP contribution in [0.5, 0.6) is 0 Å². The molecule has 0 amide bonds. The molecule has 0 saturated heterocycles. The van der Waals surface area contributed by atoms with Crippen molar-refractivity contribution in [2.75, 3.05) is 0 Å². The number of aromatic nitrogens is 3. The Morgan fingerprint density at radius 3 is 1.83 bits per heavy atom. The lowest BCUT2D eigenvalue weighted by Crippen LogP contribution is -1.96. The standard InChI is InChI=1S/C38H23N3/c1-3-11-24(12-4-1)31-23-32(25-13-5-2-6-14-25)40-38(39-31)30-18-10-20-34-36(30)29-22-21-26-15-9-17-28-27-16-7-8-19-33(27)41(34)37(29)35(26)28/h1-23H. The first-order valence-electron chi connectivity index (χ1n) is 13.9. The van der Waals surface area contributed by atoms with Gasteiger partial charge < -0.3 is 4.40 Å². The minimum Gasteiger partial charge on any atom is -0.308 e. The topological polar surface area (TPSA) is 30.2 Å². The van der Waals surface area contributed by atoms with Gasteiger partial charge in [-0.2, -0.15) is 0 Å². The van der Waals surface area contributed by atoms with Gasteiger partial charge in [-0.3, -0.25) is 0 Å². The van der Waals surface area contributed by atoms with Crippen molar-refractivity contribution in [3.05, 3.63) is 140 Å². The van der Waals surface area contributed by atoms with Crippen molar-refractivity contribution in [3.8, 4) is 33.9 Å². The van der Waals surface area contributed by atoms with E-state index in [-0.39, 0.29) is 0 Å². The molecule has 0 N–H and O–H groups in total. The SMILES string of the molecule is c1ccc(-c2cc(-c3ccccc3)nc(-c3cccc4c3c3ccc5cccc6c7ccccc7n4c3c56)n2)cc1. The van der Waals surface area contributed by atoms with Crippen LogP contribution < -0.4 is 0 Å². The maximum absolute atomic E-state index is 5.19. The Labute approximate surface area is 236 Å². The van der Waals surface area contributed by atoms with Crippen LogP contribution in [-0.2, 0) is 0 Å². The molecule has 0 spiro atoms. The molecule has 0 aliphatic carbocycles. The molecular formula is C38H23N3. The van der Waals surface area contributed by atoms with Crippen LogP contribution in [0, 0.1) is 0 Å². The Kier molecular flexibility index (Phi) is 4.61. The number of hydrogen-bond acceptors (Lipinski definition) is 2. The Morgan fingerprint density at radius 1 is 0.439 bits per heavy atom. The van der Waals surface area contributed by atoms with Crippen LogP contribution in [0.1, 0.15) is 0 Å². The Morgan fingerprint density at radius 2 is 1.07 bits per heavy atom. The lowest BCUT2D eigenvalue weighted by atomic mass is 9.98. The summed E-state index contributed by atoms with van der Waals surface area (Å²) in [6.07, 6.45) is 0. The predicted octanol–water partition coefficient (Wildman–Crippen LogP) is 9.78. The molecule has 41 heavy (non-hydrogen) atoms. The molecule has 9 aromatic rings. The van der Waals surface area contributed by atoms with Crippen molar-refractivity contribution >= 4 is 48.9 Å². The molecule has 0 fully saturated rings. The third-order valence-electron chi connectivity index (χ3n) is 8.34. The molecule has 0 bridgehead atoms. The van der Waals surface area contributed by atoms with Gasteiger partial charge in [0.25, 0.3) is 0 Å². The molecule has 3 aromatic heterocycles. The van der Waals surface area contributed by atoms with Crippen molar-refractivity contribution in [2.24, 2.45) is 0 Å². The van der Waals surface area contributed by atoms with E-state index in [1.54, 1.807) is 0 Å². The van der Waals surface area contributed by atoms with Crippen LogP contribution in [0.3, 0.4) is 0 Å². The van der Waals surface area contributed by atoms with Crippen LogP contribution in [0.4, 0.5) is 0 Å². The smallest absolute Gasteiger partial charge is 0.161 e. The third kappa shape index (κ3) is 3.20. The number of rotatable bonds is 3. The fourth-order valence-corrected chi connectivity index (χ4v) is 6.56. The fraction of sp³-hybridized carbons (Fsp3) is 0. The lowest BCUT2D eigenvalue weighted by molar-refractivity contribution is 1.19. The Balaban J connectivity index is 1.44. The van der Waals surface area contributed by atoms with E-state index in [9.17, 15) is 0 Å². The van der Waals surface area contributed by atoms with Gasteiger partial charge in [-0.1, -0.05) is 121 Å². The second-order valence-electron chi connectivity index (χ2n) is 10.6. The molecule has 190 valence electrons. The molecule has 0 aliphatic heterocycles. The number of hydrogen-bond donors (Lipinski definition) is 0. The van der Waals surface area contributed by atoms with Gasteiger partial charge in [-0.15, -0.1) is 0 Å². The minimum absolute atomic E-state index is 0.732. The van der Waals surface area contributed by atoms with Gasteiger partial charge in [0.05, 0.1) is 27.9 Å². The lowest BCUT2D eigenvalue weighted by Gasteiger charge is -2.12. The van der Waals surface area contributed by atoms with E-state index in [1.165, 1.54) is 48.9 Å². The number of pyridine rings is 1. The van der Waals surface area contributed by atoms with Gasteiger partial charge in [0.15, 0.2) is 5.82 Å². The van der Waals surface area contributed by atoms with Crippen molar-refractivity contribution in [3.63, 3.8) is 0 Å². The molecule has 0 saturated carbocycles. The van der Waals surface area contributed by atoms with Crippen LogP contribution in [0.15, 0.2) is 140 Å². The number of fused-ring (bicyclic) bond motifs is 6. The van der Waals surface area contributed by atoms with E-state index in [2.05, 4.69) is 132 Å². The molecule has 6 aromatic carbocycles. The summed E-state index contributed by atoms with van der Waals surface area (Å²) in [7, 11) is 0. The zero-order valence-corrected chi connectivity index (χ0v) is 22.1. The van der Waals surface area contributed by atoms with Gasteiger partial charge in [0.1, 0.15) is 0 Å². The van der Waals surface area contributed by atoms with Crippen molar-refractivity contribution in [1.82, 2.24) is 14.4 Å². The molecule has 9 rings (SSSR count). The van der Waals surface area contributed by atoms with Crippen LogP contribution >= 0.6 is 0 Å². The zero-order chi connectivity index (χ0) is 26.9. The fourth-order valence-electron chi connectivity index (χ4n) is 6.56. The molecule has 0 radical (unpaired) electrons. The Bertz CT molecular complexity index is 2330. The van der Waals surface area contributed by atoms with E-state index in [0.29, 0.717) is 0 Å². The summed E-state index contributed by atoms with van der Waals surface area (Å²) < 4.78 is 2.44. The summed E-state index contributed by atoms with van der Waals surface area (Å²) in [5, 5.41) is 7.50. The Hall–Kier alpha value is -5.54. The van der Waals surface area contributed by atoms with Crippen LogP contribution in [0.2, 0.25) is 0 Å². The minimum atomic E-state index is 0.732. The van der Waals surface area contributed by atoms with Gasteiger partial charge in [0.2, 0.25) is 0 Å². The molecule has 3 heterocycles. The van der Waals surface area contributed by atoms with E-state index in [1.807, 2.05) is 12.1 Å². The summed E-state index contributed by atoms with van der Waals surface area (Å²) >= 11 is 0. The molecule has 0 unspecified atom stereocenters.